The molecule has 1 aromatic carbocycles. The molecule has 0 aliphatic heterocycles. The number of carbonyl (C=O) groups is 1. The van der Waals surface area contributed by atoms with Crippen molar-refractivity contribution in [3.63, 3.8) is 0 Å². The van der Waals surface area contributed by atoms with Crippen LogP contribution in [0.15, 0.2) is 24.3 Å². The van der Waals surface area contributed by atoms with Gasteiger partial charge in [0.15, 0.2) is 0 Å². The van der Waals surface area contributed by atoms with E-state index in [0.29, 0.717) is 6.42 Å². The number of rotatable bonds is 6. The molecule has 1 aromatic rings. The summed E-state index contributed by atoms with van der Waals surface area (Å²) in [4.78, 5) is 10.9. The van der Waals surface area contributed by atoms with Crippen molar-refractivity contribution in [1.29, 1.82) is 0 Å². The van der Waals surface area contributed by atoms with Gasteiger partial charge in [-0.1, -0.05) is 26.0 Å². The van der Waals surface area contributed by atoms with E-state index < -0.39 is 11.9 Å². The van der Waals surface area contributed by atoms with E-state index in [4.69, 9.17) is 10.8 Å². The van der Waals surface area contributed by atoms with Crippen molar-refractivity contribution in [3.05, 3.63) is 35.6 Å². The number of halogens is 1. The summed E-state index contributed by atoms with van der Waals surface area (Å²) in [6.07, 6.45) is 0.532. The van der Waals surface area contributed by atoms with Gasteiger partial charge < -0.3 is 10.8 Å². The molecule has 0 amide bonds. The lowest BCUT2D eigenvalue weighted by atomic mass is 9.83. The molecule has 0 radical (unpaired) electrons. The second kappa shape index (κ2) is 6.50. The van der Waals surface area contributed by atoms with Crippen LogP contribution in [0.2, 0.25) is 0 Å². The van der Waals surface area contributed by atoms with Crippen LogP contribution < -0.4 is 5.73 Å². The third-order valence-corrected chi connectivity index (χ3v) is 3.54. The zero-order valence-electron chi connectivity index (χ0n) is 10.8. The van der Waals surface area contributed by atoms with Crippen molar-refractivity contribution in [2.45, 2.75) is 26.2 Å². The largest absolute Gasteiger partial charge is 0.481 e. The van der Waals surface area contributed by atoms with Gasteiger partial charge in [-0.15, -0.1) is 0 Å². The first-order valence-electron chi connectivity index (χ1n) is 6.14. The minimum atomic E-state index is -0.851. The van der Waals surface area contributed by atoms with Gasteiger partial charge in [0.05, 0.1) is 5.92 Å². The van der Waals surface area contributed by atoms with Gasteiger partial charge in [-0.3, -0.25) is 4.79 Å². The number of nitrogens with two attached hydrogens (primary N) is 1. The van der Waals surface area contributed by atoms with Crippen LogP contribution >= 0.6 is 0 Å². The highest BCUT2D eigenvalue weighted by molar-refractivity contribution is 5.70. The Morgan fingerprint density at radius 3 is 2.33 bits per heavy atom. The number of hydrogen-bond donors (Lipinski definition) is 2. The van der Waals surface area contributed by atoms with Gasteiger partial charge in [-0.25, -0.2) is 4.39 Å². The summed E-state index contributed by atoms with van der Waals surface area (Å²) < 4.78 is 12.8. The summed E-state index contributed by atoms with van der Waals surface area (Å²) in [7, 11) is 0. The highest BCUT2D eigenvalue weighted by atomic mass is 19.1. The van der Waals surface area contributed by atoms with Crippen molar-refractivity contribution >= 4 is 5.97 Å². The molecular formula is C14H20FNO2. The van der Waals surface area contributed by atoms with Gasteiger partial charge in [-0.2, -0.15) is 0 Å². The van der Waals surface area contributed by atoms with Crippen LogP contribution in [-0.2, 0) is 4.79 Å². The van der Waals surface area contributed by atoms with E-state index in [-0.39, 0.29) is 24.2 Å². The van der Waals surface area contributed by atoms with Crippen molar-refractivity contribution in [2.24, 2.45) is 17.6 Å². The Kier molecular flexibility index (Phi) is 5.28. The molecule has 0 aliphatic rings. The molecule has 3 unspecified atom stereocenters. The number of carboxylic acid groups (broad SMARTS) is 1. The number of aliphatic carboxylic acids is 1. The Morgan fingerprint density at radius 2 is 1.89 bits per heavy atom. The van der Waals surface area contributed by atoms with E-state index in [2.05, 4.69) is 0 Å². The smallest absolute Gasteiger partial charge is 0.307 e. The first-order chi connectivity index (χ1) is 8.45. The molecule has 0 bridgehead atoms. The minimum Gasteiger partial charge on any atom is -0.481 e. The molecule has 3 atom stereocenters. The Morgan fingerprint density at radius 1 is 1.33 bits per heavy atom. The third kappa shape index (κ3) is 3.81. The fourth-order valence-corrected chi connectivity index (χ4v) is 2.05. The molecule has 3 N–H and O–H groups in total. The van der Waals surface area contributed by atoms with Gasteiger partial charge in [0, 0.05) is 6.54 Å². The molecule has 0 spiro atoms. The molecule has 100 valence electrons. The van der Waals surface area contributed by atoms with E-state index >= 15 is 0 Å². The first kappa shape index (κ1) is 14.6. The maximum Gasteiger partial charge on any atom is 0.307 e. The fourth-order valence-electron chi connectivity index (χ4n) is 2.05. The van der Waals surface area contributed by atoms with Crippen LogP contribution in [0.3, 0.4) is 0 Å². The average Bonchev–Trinajstić information content (AvgIpc) is 2.35. The maximum absolute atomic E-state index is 12.8. The molecule has 0 saturated heterocycles. The Labute approximate surface area is 107 Å². The Hall–Kier alpha value is -1.42. The predicted molar refractivity (Wildman–Crippen MR) is 68.8 cm³/mol. The van der Waals surface area contributed by atoms with E-state index in [1.807, 2.05) is 13.8 Å². The monoisotopic (exact) mass is 253 g/mol. The number of benzene rings is 1. The lowest BCUT2D eigenvalue weighted by Gasteiger charge is -2.23. The number of carboxylic acids is 1. The fraction of sp³-hybridized carbons (Fsp3) is 0.500. The van der Waals surface area contributed by atoms with Crippen LogP contribution in [0.4, 0.5) is 4.39 Å². The summed E-state index contributed by atoms with van der Waals surface area (Å²) in [5.41, 5.74) is 6.47. The molecule has 3 nitrogen and oxygen atoms in total. The van der Waals surface area contributed by atoms with E-state index in [0.717, 1.165) is 5.56 Å². The molecular weight excluding hydrogens is 233 g/mol. The van der Waals surface area contributed by atoms with Crippen LogP contribution in [0.1, 0.15) is 31.7 Å². The standard InChI is InChI=1S/C14H20FNO2/c1-9(7-12(8-16)14(17)18)10(2)11-3-5-13(15)6-4-11/h3-6,9-10,12H,7-8,16H2,1-2H3,(H,17,18). The lowest BCUT2D eigenvalue weighted by Crippen LogP contribution is -2.26. The quantitative estimate of drug-likeness (QED) is 0.819. The van der Waals surface area contributed by atoms with Crippen molar-refractivity contribution in [1.82, 2.24) is 0 Å². The van der Waals surface area contributed by atoms with Crippen molar-refractivity contribution in [2.75, 3.05) is 6.54 Å². The van der Waals surface area contributed by atoms with Crippen LogP contribution in [0.5, 0.6) is 0 Å². The van der Waals surface area contributed by atoms with Crippen LogP contribution in [0, 0.1) is 17.7 Å². The topological polar surface area (TPSA) is 63.3 Å². The molecule has 0 saturated carbocycles. The Balaban J connectivity index is 2.68. The summed E-state index contributed by atoms with van der Waals surface area (Å²) in [5, 5.41) is 8.98. The van der Waals surface area contributed by atoms with Gasteiger partial charge in [0.2, 0.25) is 0 Å². The van der Waals surface area contributed by atoms with E-state index in [9.17, 15) is 9.18 Å². The van der Waals surface area contributed by atoms with Gasteiger partial charge >= 0.3 is 5.97 Å². The second-order valence-corrected chi connectivity index (χ2v) is 4.82. The highest BCUT2D eigenvalue weighted by Crippen LogP contribution is 2.29. The second-order valence-electron chi connectivity index (χ2n) is 4.82. The molecule has 0 aliphatic carbocycles. The van der Waals surface area contributed by atoms with Crippen LogP contribution in [0.25, 0.3) is 0 Å². The molecule has 0 fully saturated rings. The zero-order chi connectivity index (χ0) is 13.7. The molecule has 18 heavy (non-hydrogen) atoms. The SMILES string of the molecule is CC(CC(CN)C(=O)O)C(C)c1ccc(F)cc1. The summed E-state index contributed by atoms with van der Waals surface area (Å²) in [6.45, 7) is 4.17. The first-order valence-corrected chi connectivity index (χ1v) is 6.14. The normalized spacial score (nSPS) is 16.0. The summed E-state index contributed by atoms with van der Waals surface area (Å²) >= 11 is 0. The van der Waals surface area contributed by atoms with Crippen molar-refractivity contribution < 1.29 is 14.3 Å². The van der Waals surface area contributed by atoms with Crippen LogP contribution in [-0.4, -0.2) is 17.6 Å². The molecule has 0 aromatic heterocycles. The van der Waals surface area contributed by atoms with E-state index in [1.54, 1.807) is 12.1 Å². The van der Waals surface area contributed by atoms with Crippen molar-refractivity contribution in [3.8, 4) is 0 Å². The zero-order valence-corrected chi connectivity index (χ0v) is 10.8. The highest BCUT2D eigenvalue weighted by Gasteiger charge is 2.22. The average molecular weight is 253 g/mol. The minimum absolute atomic E-state index is 0.149. The molecule has 4 heteroatoms. The van der Waals surface area contributed by atoms with Gasteiger partial charge in [-0.05, 0) is 36.0 Å². The van der Waals surface area contributed by atoms with Gasteiger partial charge in [0.25, 0.3) is 0 Å². The Bertz CT molecular complexity index is 391. The summed E-state index contributed by atoms with van der Waals surface area (Å²) in [6, 6.07) is 6.34. The van der Waals surface area contributed by atoms with E-state index in [1.165, 1.54) is 12.1 Å². The lowest BCUT2D eigenvalue weighted by molar-refractivity contribution is -0.142. The number of hydrogen-bond acceptors (Lipinski definition) is 2. The van der Waals surface area contributed by atoms with Gasteiger partial charge in [0.1, 0.15) is 5.82 Å². The third-order valence-electron chi connectivity index (χ3n) is 3.54. The molecule has 1 rings (SSSR count). The summed E-state index contributed by atoms with van der Waals surface area (Å²) in [5.74, 6) is -1.26. The molecule has 0 heterocycles. The predicted octanol–water partition coefficient (Wildman–Crippen LogP) is 2.61. The maximum atomic E-state index is 12.8.